The minimum atomic E-state index is -0.00976. The van der Waals surface area contributed by atoms with Gasteiger partial charge in [-0.05, 0) is 22.6 Å². The Balaban J connectivity index is 2.85. The quantitative estimate of drug-likeness (QED) is 0.536. The number of hydrogen-bond donors (Lipinski definition) is 0. The standard InChI is InChI=1S/C18H34N2P2/c1-13(2)21(14(3)4)11-17-9-19-10-18(20-17)12-22(15(5)6)16(7)8/h9-10,13-16H,11-12H2,1-8H3. The van der Waals surface area contributed by atoms with E-state index in [2.05, 4.69) is 60.4 Å². The molecule has 0 amide bonds. The van der Waals surface area contributed by atoms with Gasteiger partial charge >= 0.3 is 0 Å². The molecular formula is C18H34N2P2. The maximum Gasteiger partial charge on any atom is 0.0633 e. The van der Waals surface area contributed by atoms with Gasteiger partial charge in [0.1, 0.15) is 0 Å². The molecule has 1 heterocycles. The Bertz CT molecular complexity index is 391. The fourth-order valence-corrected chi connectivity index (χ4v) is 7.80. The third-order valence-corrected chi connectivity index (χ3v) is 10.8. The van der Waals surface area contributed by atoms with Crippen molar-refractivity contribution < 1.29 is 0 Å². The first kappa shape index (κ1) is 20.0. The first-order valence-electron chi connectivity index (χ1n) is 8.53. The molecule has 1 rings (SSSR count). The van der Waals surface area contributed by atoms with Crippen molar-refractivity contribution >= 4 is 15.8 Å². The highest BCUT2D eigenvalue weighted by atomic mass is 31.1. The highest BCUT2D eigenvalue weighted by molar-refractivity contribution is 7.58. The van der Waals surface area contributed by atoms with Crippen molar-refractivity contribution in [1.29, 1.82) is 0 Å². The number of rotatable bonds is 8. The van der Waals surface area contributed by atoms with E-state index in [-0.39, 0.29) is 15.8 Å². The zero-order chi connectivity index (χ0) is 16.9. The lowest BCUT2D eigenvalue weighted by Crippen LogP contribution is -2.09. The van der Waals surface area contributed by atoms with Gasteiger partial charge in [0.2, 0.25) is 0 Å². The molecule has 0 fully saturated rings. The van der Waals surface area contributed by atoms with Crippen LogP contribution in [-0.2, 0) is 12.3 Å². The van der Waals surface area contributed by atoms with Crippen LogP contribution in [0.1, 0.15) is 66.8 Å². The zero-order valence-corrected chi connectivity index (χ0v) is 17.5. The summed E-state index contributed by atoms with van der Waals surface area (Å²) in [5, 5.41) is 0. The van der Waals surface area contributed by atoms with E-state index >= 15 is 0 Å². The van der Waals surface area contributed by atoms with Gasteiger partial charge in [0.25, 0.3) is 0 Å². The molecule has 0 aromatic carbocycles. The third-order valence-electron chi connectivity index (χ3n) is 4.08. The van der Waals surface area contributed by atoms with E-state index in [0.29, 0.717) is 0 Å². The summed E-state index contributed by atoms with van der Waals surface area (Å²) >= 11 is 0. The second-order valence-electron chi connectivity index (χ2n) is 7.22. The van der Waals surface area contributed by atoms with Crippen molar-refractivity contribution in [2.24, 2.45) is 0 Å². The smallest absolute Gasteiger partial charge is 0.0633 e. The van der Waals surface area contributed by atoms with Crippen molar-refractivity contribution in [1.82, 2.24) is 9.97 Å². The number of nitrogens with zero attached hydrogens (tertiary/aromatic N) is 2. The highest BCUT2D eigenvalue weighted by Crippen LogP contribution is 2.50. The molecule has 0 radical (unpaired) electrons. The van der Waals surface area contributed by atoms with Crippen LogP contribution in [0.15, 0.2) is 12.4 Å². The molecule has 4 heteroatoms. The Morgan fingerprint density at radius 2 is 1.00 bits per heavy atom. The molecular weight excluding hydrogens is 306 g/mol. The lowest BCUT2D eigenvalue weighted by Gasteiger charge is -2.27. The third kappa shape index (κ3) is 6.21. The highest BCUT2D eigenvalue weighted by Gasteiger charge is 2.20. The van der Waals surface area contributed by atoms with E-state index in [0.717, 1.165) is 35.0 Å². The van der Waals surface area contributed by atoms with Crippen molar-refractivity contribution in [3.8, 4) is 0 Å². The fraction of sp³-hybridized carbons (Fsp3) is 0.778. The normalized spacial score (nSPS) is 12.6. The van der Waals surface area contributed by atoms with Gasteiger partial charge in [-0.3, -0.25) is 9.97 Å². The van der Waals surface area contributed by atoms with Crippen LogP contribution in [0.4, 0.5) is 0 Å². The minimum Gasteiger partial charge on any atom is -0.261 e. The van der Waals surface area contributed by atoms with Crippen molar-refractivity contribution in [3.05, 3.63) is 23.8 Å². The molecule has 1 aromatic heterocycles. The molecule has 0 aliphatic heterocycles. The maximum absolute atomic E-state index is 4.95. The number of hydrogen-bond acceptors (Lipinski definition) is 2. The summed E-state index contributed by atoms with van der Waals surface area (Å²) in [4.78, 5) is 9.44. The molecule has 0 saturated carbocycles. The maximum atomic E-state index is 4.95. The van der Waals surface area contributed by atoms with Crippen LogP contribution in [-0.4, -0.2) is 32.6 Å². The van der Waals surface area contributed by atoms with Crippen LogP contribution in [0, 0.1) is 0 Å². The average molecular weight is 340 g/mol. The predicted molar refractivity (Wildman–Crippen MR) is 104 cm³/mol. The van der Waals surface area contributed by atoms with Crippen molar-refractivity contribution in [2.45, 2.75) is 90.3 Å². The first-order valence-corrected chi connectivity index (χ1v) is 11.9. The number of aromatic nitrogens is 2. The molecule has 0 aliphatic carbocycles. The Labute approximate surface area is 140 Å². The SMILES string of the molecule is CC(C)P(Cc1cncc(CP(C(C)C)C(C)C)n1)C(C)C. The summed E-state index contributed by atoms with van der Waals surface area (Å²) in [5.41, 5.74) is 5.42. The van der Waals surface area contributed by atoms with E-state index in [1.807, 2.05) is 12.4 Å². The van der Waals surface area contributed by atoms with Crippen molar-refractivity contribution in [2.75, 3.05) is 0 Å². The molecule has 1 aromatic rings. The summed E-state index contributed by atoms with van der Waals surface area (Å²) in [6, 6.07) is 0. The molecule has 0 atom stereocenters. The van der Waals surface area contributed by atoms with Gasteiger partial charge < -0.3 is 0 Å². The topological polar surface area (TPSA) is 25.8 Å². The summed E-state index contributed by atoms with van der Waals surface area (Å²) in [5.74, 6) is 0. The largest absolute Gasteiger partial charge is 0.261 e. The van der Waals surface area contributed by atoms with Crippen LogP contribution in [0.3, 0.4) is 0 Å². The van der Waals surface area contributed by atoms with E-state index < -0.39 is 0 Å². The Morgan fingerprint density at radius 3 is 1.27 bits per heavy atom. The minimum absolute atomic E-state index is 0.00976. The molecule has 126 valence electrons. The summed E-state index contributed by atoms with van der Waals surface area (Å²) in [6.07, 6.45) is 6.20. The van der Waals surface area contributed by atoms with Gasteiger partial charge in [0.05, 0.1) is 11.4 Å². The van der Waals surface area contributed by atoms with Crippen LogP contribution in [0.2, 0.25) is 0 Å². The lowest BCUT2D eigenvalue weighted by molar-refractivity contribution is 0.952. The summed E-state index contributed by atoms with van der Waals surface area (Å²) in [6.45, 7) is 18.8. The van der Waals surface area contributed by atoms with Gasteiger partial charge in [-0.2, -0.15) is 0 Å². The van der Waals surface area contributed by atoms with Crippen LogP contribution in [0.5, 0.6) is 0 Å². The molecule has 0 unspecified atom stereocenters. The predicted octanol–water partition coefficient (Wildman–Crippen LogP) is 6.07. The second kappa shape index (κ2) is 9.29. The van der Waals surface area contributed by atoms with Crippen molar-refractivity contribution in [3.63, 3.8) is 0 Å². The van der Waals surface area contributed by atoms with E-state index in [9.17, 15) is 0 Å². The molecule has 22 heavy (non-hydrogen) atoms. The van der Waals surface area contributed by atoms with Gasteiger partial charge in [-0.1, -0.05) is 71.2 Å². The lowest BCUT2D eigenvalue weighted by atomic mass is 10.4. The fourth-order valence-electron chi connectivity index (χ4n) is 2.90. The van der Waals surface area contributed by atoms with Gasteiger partial charge in [0, 0.05) is 24.7 Å². The van der Waals surface area contributed by atoms with E-state index in [1.54, 1.807) is 0 Å². The second-order valence-corrected chi connectivity index (χ2v) is 14.0. The van der Waals surface area contributed by atoms with Crippen LogP contribution >= 0.6 is 15.8 Å². The van der Waals surface area contributed by atoms with Crippen LogP contribution < -0.4 is 0 Å². The van der Waals surface area contributed by atoms with E-state index in [4.69, 9.17) is 4.98 Å². The molecule has 0 spiro atoms. The molecule has 0 aliphatic rings. The Kier molecular flexibility index (Phi) is 8.44. The zero-order valence-electron chi connectivity index (χ0n) is 15.7. The monoisotopic (exact) mass is 340 g/mol. The van der Waals surface area contributed by atoms with Gasteiger partial charge in [-0.25, -0.2) is 0 Å². The average Bonchev–Trinajstić information content (AvgIpc) is 2.41. The molecule has 0 bridgehead atoms. The first-order chi connectivity index (χ1) is 10.2. The Hall–Kier alpha value is -0.0600. The van der Waals surface area contributed by atoms with Crippen LogP contribution in [0.25, 0.3) is 0 Å². The van der Waals surface area contributed by atoms with Gasteiger partial charge in [-0.15, -0.1) is 0 Å². The van der Waals surface area contributed by atoms with E-state index in [1.165, 1.54) is 11.4 Å². The van der Waals surface area contributed by atoms with Gasteiger partial charge in [0.15, 0.2) is 0 Å². The molecule has 2 nitrogen and oxygen atoms in total. The summed E-state index contributed by atoms with van der Waals surface area (Å²) in [7, 11) is -0.0195. The molecule has 0 N–H and O–H groups in total. The Morgan fingerprint density at radius 1 is 0.682 bits per heavy atom. The summed E-state index contributed by atoms with van der Waals surface area (Å²) < 4.78 is 0. The molecule has 0 saturated heterocycles.